The average Bonchev–Trinajstić information content (AvgIpc) is 3.28. The van der Waals surface area contributed by atoms with E-state index in [1.165, 1.54) is 11.1 Å². The molecule has 0 aromatic heterocycles. The molecule has 2 aromatic rings. The number of rotatable bonds is 6. The molecule has 1 N–H and O–H groups in total. The summed E-state index contributed by atoms with van der Waals surface area (Å²) in [6.07, 6.45) is 11.1. The van der Waals surface area contributed by atoms with Crippen LogP contribution in [0.2, 0.25) is 5.02 Å². The van der Waals surface area contributed by atoms with Gasteiger partial charge in [0.15, 0.2) is 0 Å². The van der Waals surface area contributed by atoms with Gasteiger partial charge in [-0.05, 0) is 111 Å². The van der Waals surface area contributed by atoms with Crippen molar-refractivity contribution in [2.24, 2.45) is 17.8 Å². The number of sulfonamides is 1. The summed E-state index contributed by atoms with van der Waals surface area (Å²) in [5.41, 5.74) is 2.93. The van der Waals surface area contributed by atoms with Crippen LogP contribution in [0.1, 0.15) is 80.8 Å². The number of halogens is 1. The first kappa shape index (κ1) is 39.2. The summed E-state index contributed by atoms with van der Waals surface area (Å²) in [6, 6.07) is 12.2. The molecule has 12 heteroatoms. The van der Waals surface area contributed by atoms with E-state index in [0.717, 1.165) is 114 Å². The van der Waals surface area contributed by atoms with Crippen molar-refractivity contribution in [3.05, 3.63) is 70.3 Å². The topological polar surface area (TPSA) is 101 Å². The zero-order valence-corrected chi connectivity index (χ0v) is 34.4. The molecule has 10 nitrogen and oxygen atoms in total. The third-order valence-electron chi connectivity index (χ3n) is 13.8. The number of piperazine rings is 1. The maximum absolute atomic E-state index is 13.7. The molecule has 55 heavy (non-hydrogen) atoms. The van der Waals surface area contributed by atoms with Gasteiger partial charge < -0.3 is 19.1 Å². The minimum atomic E-state index is -3.96. The van der Waals surface area contributed by atoms with Crippen molar-refractivity contribution >= 4 is 33.2 Å². The molecule has 300 valence electrons. The van der Waals surface area contributed by atoms with Gasteiger partial charge >= 0.3 is 0 Å². The van der Waals surface area contributed by atoms with Gasteiger partial charge in [0, 0.05) is 68.4 Å². The standard InChI is InChI=1S/C43H59ClN4O6S/c1-4-21-54-43(28-46-17-19-47(20-18-46)36-25-52-26-36)16-5-7-30(2)31(3)55(50,51)45-41(49)33-10-14-40-39(23-33)48(24-34-9-12-38(34)43)27-42(29-53-40)15-6-8-32-22-35(44)11-13-37(32)42/h5,10-11,13-14,16,22-23,30-31,34,36,38H,4,6-9,12,15,17-21,24-29H2,1-3H3,(H,45,49)/b16-5-/t30-,31+,34-,38+,42-,43-/m0/s1. The number of aryl methyl sites for hydroxylation is 1. The summed E-state index contributed by atoms with van der Waals surface area (Å²) in [4.78, 5) is 21.3. The van der Waals surface area contributed by atoms with E-state index in [1.54, 1.807) is 13.0 Å². The van der Waals surface area contributed by atoms with Crippen LogP contribution in [0.5, 0.6) is 5.75 Å². The van der Waals surface area contributed by atoms with Gasteiger partial charge in [-0.3, -0.25) is 14.6 Å². The Morgan fingerprint density at radius 1 is 1.05 bits per heavy atom. The number of ether oxygens (including phenoxy) is 3. The van der Waals surface area contributed by atoms with Crippen molar-refractivity contribution < 1.29 is 27.4 Å². The van der Waals surface area contributed by atoms with E-state index in [2.05, 4.69) is 50.6 Å². The molecule has 2 saturated heterocycles. The number of allylic oxidation sites excluding steroid dienone is 1. The van der Waals surface area contributed by atoms with Crippen LogP contribution < -0.4 is 14.4 Å². The van der Waals surface area contributed by atoms with Gasteiger partial charge in [-0.2, -0.15) is 0 Å². The average molecular weight is 795 g/mol. The van der Waals surface area contributed by atoms with Gasteiger partial charge in [-0.15, -0.1) is 0 Å². The number of amides is 1. The largest absolute Gasteiger partial charge is 0.490 e. The lowest BCUT2D eigenvalue weighted by Gasteiger charge is -2.53. The Bertz CT molecular complexity index is 1860. The molecule has 1 amide bonds. The molecule has 0 radical (unpaired) electrons. The summed E-state index contributed by atoms with van der Waals surface area (Å²) in [6.45, 7) is 15.0. The Labute approximate surface area is 332 Å². The fourth-order valence-electron chi connectivity index (χ4n) is 10.1. The first-order valence-electron chi connectivity index (χ1n) is 20.7. The van der Waals surface area contributed by atoms with Crippen molar-refractivity contribution in [2.75, 3.05) is 77.1 Å². The maximum Gasteiger partial charge on any atom is 0.264 e. The number of hydrogen-bond donors (Lipinski definition) is 1. The molecule has 0 unspecified atom stereocenters. The normalized spacial score (nSPS) is 33.6. The first-order valence-corrected chi connectivity index (χ1v) is 22.6. The summed E-state index contributed by atoms with van der Waals surface area (Å²) in [5, 5.41) is -0.0272. The Morgan fingerprint density at radius 3 is 2.60 bits per heavy atom. The Morgan fingerprint density at radius 2 is 1.87 bits per heavy atom. The van der Waals surface area contributed by atoms with E-state index in [-0.39, 0.29) is 17.3 Å². The third-order valence-corrected chi connectivity index (χ3v) is 16.0. The molecule has 6 atom stereocenters. The second kappa shape index (κ2) is 15.9. The van der Waals surface area contributed by atoms with Crippen molar-refractivity contribution in [1.82, 2.24) is 14.5 Å². The zero-order chi connectivity index (χ0) is 38.4. The number of fused-ring (bicyclic) bond motifs is 4. The van der Waals surface area contributed by atoms with E-state index in [4.69, 9.17) is 25.8 Å². The van der Waals surface area contributed by atoms with E-state index in [0.29, 0.717) is 37.2 Å². The van der Waals surface area contributed by atoms with Crippen LogP contribution in [0.4, 0.5) is 5.69 Å². The van der Waals surface area contributed by atoms with Crippen LogP contribution in [0.3, 0.4) is 0 Å². The molecule has 4 heterocycles. The first-order chi connectivity index (χ1) is 26.5. The number of carbonyl (C=O) groups is 1. The molecule has 2 aromatic carbocycles. The molecule has 3 fully saturated rings. The van der Waals surface area contributed by atoms with E-state index < -0.39 is 26.8 Å². The van der Waals surface area contributed by atoms with Crippen LogP contribution in [0.25, 0.3) is 0 Å². The number of carbonyl (C=O) groups excluding carboxylic acids is 1. The Balaban J connectivity index is 1.18. The molecule has 2 bridgehead atoms. The highest BCUT2D eigenvalue weighted by molar-refractivity contribution is 7.90. The summed E-state index contributed by atoms with van der Waals surface area (Å²) in [5.74, 6) is 0.502. The SMILES string of the molecule is CCCO[C@]1(CN2CCN(C3COC3)CC2)/C=C\C[C@H](C)[C@@H](C)S(=O)(=O)NC(=O)c2ccc3c(c2)N(C[C@@H]2CC[C@H]21)C[C@@]1(CCCc2cc(Cl)ccc21)CO3. The van der Waals surface area contributed by atoms with Crippen LogP contribution in [0.15, 0.2) is 48.6 Å². The van der Waals surface area contributed by atoms with Crippen molar-refractivity contribution in [2.45, 2.75) is 88.0 Å². The number of anilines is 1. The van der Waals surface area contributed by atoms with Gasteiger partial charge in [0.05, 0.1) is 36.8 Å². The number of benzene rings is 2. The van der Waals surface area contributed by atoms with Gasteiger partial charge in [0.25, 0.3) is 5.91 Å². The lowest BCUT2D eigenvalue weighted by atomic mass is 9.63. The van der Waals surface area contributed by atoms with E-state index in [1.807, 2.05) is 25.1 Å². The van der Waals surface area contributed by atoms with Crippen LogP contribution in [-0.2, 0) is 31.3 Å². The van der Waals surface area contributed by atoms with Crippen molar-refractivity contribution in [3.8, 4) is 5.75 Å². The fourth-order valence-corrected chi connectivity index (χ4v) is 11.6. The highest BCUT2D eigenvalue weighted by Crippen LogP contribution is 2.49. The molecule has 2 aliphatic carbocycles. The zero-order valence-electron chi connectivity index (χ0n) is 32.8. The summed E-state index contributed by atoms with van der Waals surface area (Å²) in [7, 11) is -3.96. The summed E-state index contributed by atoms with van der Waals surface area (Å²) < 4.78 is 49.2. The van der Waals surface area contributed by atoms with Gasteiger partial charge in [0.2, 0.25) is 10.0 Å². The monoisotopic (exact) mass is 794 g/mol. The van der Waals surface area contributed by atoms with E-state index >= 15 is 0 Å². The van der Waals surface area contributed by atoms with Crippen LogP contribution in [0, 0.1) is 17.8 Å². The summed E-state index contributed by atoms with van der Waals surface area (Å²) >= 11 is 6.53. The number of hydrogen-bond acceptors (Lipinski definition) is 9. The van der Waals surface area contributed by atoms with Gasteiger partial charge in [-0.1, -0.05) is 43.7 Å². The molecule has 8 rings (SSSR count). The molecular formula is C43H59ClN4O6S. The van der Waals surface area contributed by atoms with Gasteiger partial charge in [-0.25, -0.2) is 13.1 Å². The number of nitrogens with one attached hydrogen (secondary N) is 1. The molecule has 4 aliphatic heterocycles. The lowest BCUT2D eigenvalue weighted by molar-refractivity contribution is -0.122. The second-order valence-corrected chi connectivity index (χ2v) is 19.8. The second-order valence-electron chi connectivity index (χ2n) is 17.3. The quantitative estimate of drug-likeness (QED) is 0.350. The molecular weight excluding hydrogens is 736 g/mol. The fraction of sp³-hybridized carbons (Fsp3) is 0.651. The van der Waals surface area contributed by atoms with Gasteiger partial charge in [0.1, 0.15) is 11.4 Å². The predicted molar refractivity (Wildman–Crippen MR) is 217 cm³/mol. The molecule has 1 saturated carbocycles. The minimum Gasteiger partial charge on any atom is -0.490 e. The molecule has 6 aliphatic rings. The highest BCUT2D eigenvalue weighted by Gasteiger charge is 2.50. The van der Waals surface area contributed by atoms with E-state index in [9.17, 15) is 13.2 Å². The smallest absolute Gasteiger partial charge is 0.264 e. The minimum absolute atomic E-state index is 0.218. The van der Waals surface area contributed by atoms with Crippen molar-refractivity contribution in [1.29, 1.82) is 0 Å². The lowest BCUT2D eigenvalue weighted by Crippen LogP contribution is -2.61. The predicted octanol–water partition coefficient (Wildman–Crippen LogP) is 6.07. The maximum atomic E-state index is 13.7. The Hall–Kier alpha value is -2.67. The third kappa shape index (κ3) is 7.83. The highest BCUT2D eigenvalue weighted by atomic mass is 35.5. The molecule has 1 spiro atoms. The van der Waals surface area contributed by atoms with Crippen LogP contribution in [-0.4, -0.2) is 113 Å². The Kier molecular flexibility index (Phi) is 11.3. The van der Waals surface area contributed by atoms with Crippen molar-refractivity contribution in [3.63, 3.8) is 0 Å². The number of nitrogens with zero attached hydrogens (tertiary/aromatic N) is 3. The van der Waals surface area contributed by atoms with Crippen LogP contribution >= 0.6 is 11.6 Å².